The second-order valence-electron chi connectivity index (χ2n) is 1.96. The topological polar surface area (TPSA) is 122 Å². The standard InChI is InChI=1S/C3H6O9S2/c1-13(5,6)11-9-3(4)10-12-14(2,7)8/h1-2H3. The van der Waals surface area contributed by atoms with Crippen LogP contribution in [0.3, 0.4) is 0 Å². The molecule has 14 heavy (non-hydrogen) atoms. The molecule has 0 fully saturated rings. The fourth-order valence-corrected chi connectivity index (χ4v) is 0.551. The lowest BCUT2D eigenvalue weighted by Crippen LogP contribution is -2.14. The average molecular weight is 250 g/mol. The lowest BCUT2D eigenvalue weighted by atomic mass is 11.4. The maximum absolute atomic E-state index is 10.3. The minimum absolute atomic E-state index is 0.595. The average Bonchev–Trinajstić information content (AvgIpc) is 1.94. The van der Waals surface area contributed by atoms with Gasteiger partial charge < -0.3 is 0 Å². The van der Waals surface area contributed by atoms with Gasteiger partial charge in [0, 0.05) is 0 Å². The van der Waals surface area contributed by atoms with E-state index in [1.165, 1.54) is 0 Å². The third kappa shape index (κ3) is 9.18. The van der Waals surface area contributed by atoms with E-state index in [0.717, 1.165) is 0 Å². The van der Waals surface area contributed by atoms with Gasteiger partial charge >= 0.3 is 6.16 Å². The maximum Gasteiger partial charge on any atom is 0.575 e. The van der Waals surface area contributed by atoms with Crippen LogP contribution in [0, 0.1) is 0 Å². The van der Waals surface area contributed by atoms with E-state index in [4.69, 9.17) is 0 Å². The van der Waals surface area contributed by atoms with Crippen LogP contribution in [0.4, 0.5) is 4.79 Å². The summed E-state index contributed by atoms with van der Waals surface area (Å²) in [5, 5.41) is 0. The van der Waals surface area contributed by atoms with Gasteiger partial charge in [-0.05, 0) is 8.67 Å². The Hall–Kier alpha value is -0.910. The van der Waals surface area contributed by atoms with Gasteiger partial charge in [-0.15, -0.1) is 0 Å². The molecular weight excluding hydrogens is 244 g/mol. The van der Waals surface area contributed by atoms with Crippen molar-refractivity contribution < 1.29 is 40.1 Å². The van der Waals surface area contributed by atoms with Crippen molar-refractivity contribution in [1.29, 1.82) is 0 Å². The Balaban J connectivity index is 3.91. The van der Waals surface area contributed by atoms with Crippen molar-refractivity contribution in [2.24, 2.45) is 0 Å². The predicted octanol–water partition coefficient (Wildman–Crippen LogP) is -1.08. The zero-order chi connectivity index (χ0) is 11.4. The molecule has 0 rings (SSSR count). The third-order valence-electron chi connectivity index (χ3n) is 0.451. The zero-order valence-corrected chi connectivity index (χ0v) is 8.62. The molecule has 0 heterocycles. The number of hydrogen-bond acceptors (Lipinski definition) is 9. The highest BCUT2D eigenvalue weighted by atomic mass is 32.2. The van der Waals surface area contributed by atoms with Crippen molar-refractivity contribution in [3.63, 3.8) is 0 Å². The van der Waals surface area contributed by atoms with Crippen LogP contribution >= 0.6 is 0 Å². The highest BCUT2D eigenvalue weighted by molar-refractivity contribution is 7.86. The molecule has 84 valence electrons. The van der Waals surface area contributed by atoms with Gasteiger partial charge in [0.15, 0.2) is 0 Å². The molecule has 0 aromatic carbocycles. The third-order valence-corrected chi connectivity index (χ3v) is 1.08. The summed E-state index contributed by atoms with van der Waals surface area (Å²) in [5.41, 5.74) is 0. The van der Waals surface area contributed by atoms with Crippen molar-refractivity contribution >= 4 is 26.4 Å². The van der Waals surface area contributed by atoms with Crippen LogP contribution in [0.15, 0.2) is 0 Å². The Morgan fingerprint density at radius 1 is 0.857 bits per heavy atom. The molecule has 0 spiro atoms. The Morgan fingerprint density at radius 2 is 1.14 bits per heavy atom. The van der Waals surface area contributed by atoms with E-state index < -0.39 is 26.4 Å². The Kier molecular flexibility index (Phi) is 4.25. The normalized spacial score (nSPS) is 12.1. The molecule has 0 aliphatic heterocycles. The van der Waals surface area contributed by atoms with Crippen LogP contribution in [-0.4, -0.2) is 35.5 Å². The van der Waals surface area contributed by atoms with Crippen molar-refractivity contribution in [3.05, 3.63) is 0 Å². The first-order chi connectivity index (χ1) is 6.10. The molecule has 9 nitrogen and oxygen atoms in total. The predicted molar refractivity (Wildman–Crippen MR) is 39.4 cm³/mol. The summed E-state index contributed by atoms with van der Waals surface area (Å²) in [6.45, 7) is 0. The van der Waals surface area contributed by atoms with Crippen molar-refractivity contribution in [2.45, 2.75) is 0 Å². The summed E-state index contributed by atoms with van der Waals surface area (Å²) < 4.78 is 47.8. The number of carbonyl (C=O) groups excluding carboxylic acids is 1. The molecule has 0 N–H and O–H groups in total. The lowest BCUT2D eigenvalue weighted by Gasteiger charge is -1.99. The first-order valence-corrected chi connectivity index (χ1v) is 6.40. The molecule has 0 radical (unpaired) electrons. The van der Waals surface area contributed by atoms with Crippen LogP contribution < -0.4 is 0 Å². The van der Waals surface area contributed by atoms with Gasteiger partial charge in [0.25, 0.3) is 20.2 Å². The van der Waals surface area contributed by atoms with Crippen LogP contribution in [0.25, 0.3) is 0 Å². The molecule has 0 saturated heterocycles. The maximum atomic E-state index is 10.3. The Morgan fingerprint density at radius 3 is 1.36 bits per heavy atom. The molecule has 0 amide bonds. The second-order valence-corrected chi connectivity index (χ2v) is 5.05. The fourth-order valence-electron chi connectivity index (χ4n) is 0.193. The van der Waals surface area contributed by atoms with Crippen molar-refractivity contribution in [1.82, 2.24) is 0 Å². The van der Waals surface area contributed by atoms with Crippen LogP contribution in [0.1, 0.15) is 0 Å². The second kappa shape index (κ2) is 4.54. The molecule has 0 unspecified atom stereocenters. The van der Waals surface area contributed by atoms with E-state index in [2.05, 4.69) is 18.4 Å². The molecule has 11 heteroatoms. The van der Waals surface area contributed by atoms with E-state index in [1.54, 1.807) is 0 Å². The quantitative estimate of drug-likeness (QED) is 0.452. The van der Waals surface area contributed by atoms with Crippen molar-refractivity contribution in [2.75, 3.05) is 12.5 Å². The summed E-state index contributed by atoms with van der Waals surface area (Å²) in [6.07, 6.45) is -0.587. The SMILES string of the molecule is CS(=O)(=O)OOC(=O)OOS(C)(=O)=O. The molecule has 0 aromatic heterocycles. The summed E-state index contributed by atoms with van der Waals surface area (Å²) >= 11 is 0. The highest BCUT2D eigenvalue weighted by Crippen LogP contribution is 1.95. The van der Waals surface area contributed by atoms with E-state index in [1.807, 2.05) is 0 Å². The fraction of sp³-hybridized carbons (Fsp3) is 0.667. The smallest absolute Gasteiger partial charge is 0.240 e. The lowest BCUT2D eigenvalue weighted by molar-refractivity contribution is -0.230. The summed E-state index contributed by atoms with van der Waals surface area (Å²) in [7, 11) is -8.00. The first kappa shape index (κ1) is 13.1. The van der Waals surface area contributed by atoms with Gasteiger partial charge in [-0.2, -0.15) is 21.6 Å². The minimum Gasteiger partial charge on any atom is -0.240 e. The van der Waals surface area contributed by atoms with E-state index in [0.29, 0.717) is 12.5 Å². The largest absolute Gasteiger partial charge is 0.575 e. The van der Waals surface area contributed by atoms with Gasteiger partial charge in [-0.25, -0.2) is 9.78 Å². The molecule has 0 aliphatic rings. The molecule has 0 atom stereocenters. The van der Waals surface area contributed by atoms with Gasteiger partial charge in [-0.3, -0.25) is 0 Å². The summed E-state index contributed by atoms with van der Waals surface area (Å²) in [5.74, 6) is 0. The van der Waals surface area contributed by atoms with Gasteiger partial charge in [0.1, 0.15) is 0 Å². The number of hydrogen-bond donors (Lipinski definition) is 0. The van der Waals surface area contributed by atoms with Crippen molar-refractivity contribution in [3.8, 4) is 0 Å². The van der Waals surface area contributed by atoms with Crippen LogP contribution in [-0.2, 0) is 38.7 Å². The van der Waals surface area contributed by atoms with Gasteiger partial charge in [0.2, 0.25) is 0 Å². The van der Waals surface area contributed by atoms with Gasteiger partial charge in [0.05, 0.1) is 12.5 Å². The Bertz CT molecular complexity index is 350. The number of carbonyl (C=O) groups is 1. The summed E-state index contributed by atoms with van der Waals surface area (Å²) in [4.78, 5) is 17.2. The first-order valence-electron chi connectivity index (χ1n) is 2.76. The van der Waals surface area contributed by atoms with E-state index >= 15 is 0 Å². The molecule has 0 saturated carbocycles. The summed E-state index contributed by atoms with van der Waals surface area (Å²) in [6, 6.07) is 0. The highest BCUT2D eigenvalue weighted by Gasteiger charge is 2.15. The van der Waals surface area contributed by atoms with E-state index in [-0.39, 0.29) is 0 Å². The van der Waals surface area contributed by atoms with Gasteiger partial charge in [-0.1, -0.05) is 0 Å². The molecular formula is C3H6O9S2. The monoisotopic (exact) mass is 250 g/mol. The molecule has 0 bridgehead atoms. The van der Waals surface area contributed by atoms with E-state index in [9.17, 15) is 21.6 Å². The zero-order valence-electron chi connectivity index (χ0n) is 6.99. The van der Waals surface area contributed by atoms with Crippen LogP contribution in [0.2, 0.25) is 0 Å². The minimum atomic E-state index is -4.00. The van der Waals surface area contributed by atoms with Crippen LogP contribution in [0.5, 0.6) is 0 Å². The molecule has 0 aliphatic carbocycles. The number of rotatable bonds is 4. The molecule has 0 aromatic rings. The Labute approximate surface area is 79.6 Å².